The van der Waals surface area contributed by atoms with Gasteiger partial charge in [-0.25, -0.2) is 4.39 Å². The lowest BCUT2D eigenvalue weighted by atomic mass is 10.1. The highest BCUT2D eigenvalue weighted by Gasteiger charge is 2.20. The van der Waals surface area contributed by atoms with Gasteiger partial charge in [-0.05, 0) is 31.4 Å². The molecule has 1 aliphatic rings. The fraction of sp³-hybridized carbons (Fsp3) is 0.417. The van der Waals surface area contributed by atoms with Crippen LogP contribution in [0.4, 0.5) is 4.39 Å². The first-order valence-corrected chi connectivity index (χ1v) is 5.33. The highest BCUT2D eigenvalue weighted by molar-refractivity contribution is 5.94. The number of carbonyl (C=O) groups excluding carboxylic acids is 1. The lowest BCUT2D eigenvalue weighted by Gasteiger charge is -2.26. The molecule has 0 saturated carbocycles. The number of piperidine rings is 1. The number of hydrogen-bond donors (Lipinski definition) is 0. The fourth-order valence-electron chi connectivity index (χ4n) is 1.90. The summed E-state index contributed by atoms with van der Waals surface area (Å²) in [6.07, 6.45) is 3.22. The van der Waals surface area contributed by atoms with Crippen molar-refractivity contribution in [2.75, 3.05) is 13.1 Å². The summed E-state index contributed by atoms with van der Waals surface area (Å²) in [5.41, 5.74) is 0.194. The maximum absolute atomic E-state index is 13.3. The molecule has 0 bridgehead atoms. The van der Waals surface area contributed by atoms with Gasteiger partial charge >= 0.3 is 0 Å². The van der Waals surface area contributed by atoms with Crippen LogP contribution in [0.15, 0.2) is 24.3 Å². The van der Waals surface area contributed by atoms with Crippen molar-refractivity contribution in [1.29, 1.82) is 0 Å². The number of amides is 1. The van der Waals surface area contributed by atoms with E-state index in [1.54, 1.807) is 23.1 Å². The van der Waals surface area contributed by atoms with Crippen LogP contribution in [0, 0.1) is 5.82 Å². The molecule has 0 unspecified atom stereocenters. The third-order valence-electron chi connectivity index (χ3n) is 2.75. The Morgan fingerprint density at radius 1 is 1.13 bits per heavy atom. The number of carbonyl (C=O) groups is 1. The normalized spacial score (nSPS) is 16.5. The van der Waals surface area contributed by atoms with Gasteiger partial charge in [-0.3, -0.25) is 4.79 Å². The number of nitrogens with zero attached hydrogens (tertiary/aromatic N) is 1. The zero-order valence-corrected chi connectivity index (χ0v) is 8.58. The summed E-state index contributed by atoms with van der Waals surface area (Å²) in [6.45, 7) is 1.51. The predicted octanol–water partition coefficient (Wildman–Crippen LogP) is 2.45. The van der Waals surface area contributed by atoms with Crippen LogP contribution in [0.3, 0.4) is 0 Å². The fourth-order valence-corrected chi connectivity index (χ4v) is 1.90. The van der Waals surface area contributed by atoms with Gasteiger partial charge in [-0.2, -0.15) is 0 Å². The predicted molar refractivity (Wildman–Crippen MR) is 56.2 cm³/mol. The van der Waals surface area contributed by atoms with Crippen LogP contribution in [0.1, 0.15) is 29.6 Å². The first-order valence-electron chi connectivity index (χ1n) is 5.33. The number of benzene rings is 1. The van der Waals surface area contributed by atoms with Gasteiger partial charge in [0.05, 0.1) is 5.56 Å². The minimum atomic E-state index is -0.423. The molecule has 0 radical (unpaired) electrons. The number of halogens is 1. The Morgan fingerprint density at radius 2 is 1.80 bits per heavy atom. The SMILES string of the molecule is O=C(c1ccccc1F)N1CCCCC1. The van der Waals surface area contributed by atoms with Crippen molar-refractivity contribution in [3.8, 4) is 0 Å². The Kier molecular flexibility index (Phi) is 2.99. The van der Waals surface area contributed by atoms with E-state index in [1.165, 1.54) is 12.5 Å². The van der Waals surface area contributed by atoms with Gasteiger partial charge in [0, 0.05) is 13.1 Å². The molecule has 0 aromatic heterocycles. The van der Waals surface area contributed by atoms with E-state index in [0.29, 0.717) is 0 Å². The number of likely N-dealkylation sites (tertiary alicyclic amines) is 1. The van der Waals surface area contributed by atoms with Crippen LogP contribution in [-0.4, -0.2) is 23.9 Å². The lowest BCUT2D eigenvalue weighted by molar-refractivity contribution is 0.0719. The smallest absolute Gasteiger partial charge is 0.256 e. The van der Waals surface area contributed by atoms with Gasteiger partial charge in [0.25, 0.3) is 5.91 Å². The van der Waals surface area contributed by atoms with Gasteiger partial charge < -0.3 is 4.90 Å². The summed E-state index contributed by atoms with van der Waals surface area (Å²) < 4.78 is 13.3. The molecule has 1 aromatic carbocycles. The van der Waals surface area contributed by atoms with E-state index < -0.39 is 5.82 Å². The maximum Gasteiger partial charge on any atom is 0.256 e. The first-order chi connectivity index (χ1) is 7.29. The molecule has 1 amide bonds. The van der Waals surface area contributed by atoms with Crippen LogP contribution < -0.4 is 0 Å². The maximum atomic E-state index is 13.3. The van der Waals surface area contributed by atoms with Crippen molar-refractivity contribution in [2.45, 2.75) is 19.3 Å². The quantitative estimate of drug-likeness (QED) is 0.692. The van der Waals surface area contributed by atoms with Crippen molar-refractivity contribution in [3.63, 3.8) is 0 Å². The Bertz CT molecular complexity index is 358. The lowest BCUT2D eigenvalue weighted by Crippen LogP contribution is -2.36. The van der Waals surface area contributed by atoms with E-state index in [-0.39, 0.29) is 11.5 Å². The van der Waals surface area contributed by atoms with Crippen LogP contribution >= 0.6 is 0 Å². The van der Waals surface area contributed by atoms with Crippen molar-refractivity contribution in [3.05, 3.63) is 35.6 Å². The van der Waals surface area contributed by atoms with Crippen LogP contribution in [0.25, 0.3) is 0 Å². The van der Waals surface area contributed by atoms with Crippen molar-refractivity contribution >= 4 is 5.91 Å². The third kappa shape index (κ3) is 2.17. The van der Waals surface area contributed by atoms with E-state index in [9.17, 15) is 9.18 Å². The second-order valence-corrected chi connectivity index (χ2v) is 3.83. The molecule has 80 valence electrons. The number of hydrogen-bond acceptors (Lipinski definition) is 1. The first kappa shape index (κ1) is 10.1. The second-order valence-electron chi connectivity index (χ2n) is 3.83. The van der Waals surface area contributed by atoms with E-state index >= 15 is 0 Å². The van der Waals surface area contributed by atoms with Crippen LogP contribution in [-0.2, 0) is 0 Å². The average Bonchev–Trinajstić information content (AvgIpc) is 2.30. The van der Waals surface area contributed by atoms with E-state index in [2.05, 4.69) is 0 Å². The molecular formula is C12H14FNO. The van der Waals surface area contributed by atoms with Crippen molar-refractivity contribution in [2.24, 2.45) is 0 Å². The molecule has 1 aromatic rings. The zero-order chi connectivity index (χ0) is 10.7. The van der Waals surface area contributed by atoms with E-state index in [4.69, 9.17) is 0 Å². The summed E-state index contributed by atoms with van der Waals surface area (Å²) in [6, 6.07) is 6.17. The summed E-state index contributed by atoms with van der Waals surface area (Å²) in [4.78, 5) is 13.6. The van der Waals surface area contributed by atoms with Crippen molar-refractivity contribution < 1.29 is 9.18 Å². The van der Waals surface area contributed by atoms with Gasteiger partial charge in [-0.15, -0.1) is 0 Å². The summed E-state index contributed by atoms with van der Waals surface area (Å²) in [7, 11) is 0. The topological polar surface area (TPSA) is 20.3 Å². The summed E-state index contributed by atoms with van der Waals surface area (Å²) >= 11 is 0. The highest BCUT2D eigenvalue weighted by Crippen LogP contribution is 2.14. The molecule has 1 fully saturated rings. The summed E-state index contributed by atoms with van der Waals surface area (Å²) in [5, 5.41) is 0. The molecule has 1 aliphatic heterocycles. The minimum absolute atomic E-state index is 0.173. The molecule has 2 nitrogen and oxygen atoms in total. The molecule has 0 spiro atoms. The van der Waals surface area contributed by atoms with E-state index in [1.807, 2.05) is 0 Å². The Hall–Kier alpha value is -1.38. The summed E-state index contributed by atoms with van der Waals surface area (Å²) in [5.74, 6) is -0.596. The van der Waals surface area contributed by atoms with Crippen LogP contribution in [0.2, 0.25) is 0 Å². The molecule has 2 rings (SSSR count). The standard InChI is InChI=1S/C12H14FNO/c13-11-7-3-2-6-10(11)12(15)14-8-4-1-5-9-14/h2-3,6-7H,1,4-5,8-9H2. The van der Waals surface area contributed by atoms with Gasteiger partial charge in [0.15, 0.2) is 0 Å². The van der Waals surface area contributed by atoms with Gasteiger partial charge in [0.1, 0.15) is 5.82 Å². The van der Waals surface area contributed by atoms with Crippen LogP contribution in [0.5, 0.6) is 0 Å². The molecule has 15 heavy (non-hydrogen) atoms. The minimum Gasteiger partial charge on any atom is -0.339 e. The van der Waals surface area contributed by atoms with Gasteiger partial charge in [-0.1, -0.05) is 12.1 Å². The third-order valence-corrected chi connectivity index (χ3v) is 2.75. The highest BCUT2D eigenvalue weighted by atomic mass is 19.1. The molecule has 1 saturated heterocycles. The molecule has 3 heteroatoms. The largest absolute Gasteiger partial charge is 0.339 e. The second kappa shape index (κ2) is 4.43. The average molecular weight is 207 g/mol. The monoisotopic (exact) mass is 207 g/mol. The number of rotatable bonds is 1. The van der Waals surface area contributed by atoms with Gasteiger partial charge in [0.2, 0.25) is 0 Å². The molecular weight excluding hydrogens is 193 g/mol. The molecule has 1 heterocycles. The molecule has 0 N–H and O–H groups in total. The van der Waals surface area contributed by atoms with E-state index in [0.717, 1.165) is 25.9 Å². The Morgan fingerprint density at radius 3 is 2.47 bits per heavy atom. The Labute approximate surface area is 88.7 Å². The Balaban J connectivity index is 2.16. The molecule has 0 aliphatic carbocycles. The molecule has 0 atom stereocenters. The van der Waals surface area contributed by atoms with Crippen molar-refractivity contribution in [1.82, 2.24) is 4.90 Å². The zero-order valence-electron chi connectivity index (χ0n) is 8.58.